The van der Waals surface area contributed by atoms with Gasteiger partial charge in [-0.15, -0.1) is 24.9 Å². The summed E-state index contributed by atoms with van der Waals surface area (Å²) in [7, 11) is 1.73. The highest BCUT2D eigenvalue weighted by atomic mass is 35.5. The van der Waals surface area contributed by atoms with E-state index < -0.39 is 28.7 Å². The van der Waals surface area contributed by atoms with Crippen LogP contribution in [0.3, 0.4) is 0 Å². The fraction of sp³-hybridized carbons (Fsp3) is 0.536. The van der Waals surface area contributed by atoms with Crippen molar-refractivity contribution in [1.29, 1.82) is 0 Å². The van der Waals surface area contributed by atoms with Gasteiger partial charge in [-0.05, 0) is 43.0 Å². The van der Waals surface area contributed by atoms with Crippen LogP contribution in [0.4, 0.5) is 5.69 Å². The first kappa shape index (κ1) is 27.7. The van der Waals surface area contributed by atoms with Crippen LogP contribution in [0.15, 0.2) is 49.6 Å². The summed E-state index contributed by atoms with van der Waals surface area (Å²) in [6.45, 7) is 11.8. The number of hydrogen-bond acceptors (Lipinski definition) is 5. The number of likely N-dealkylation sites (N-methyl/N-ethyl adjacent to an activating group) is 1. The molecule has 3 saturated heterocycles. The monoisotopic (exact) mass is 545 g/mol. The lowest BCUT2D eigenvalue weighted by Gasteiger charge is -2.40. The lowest BCUT2D eigenvalue weighted by atomic mass is 9.70. The van der Waals surface area contributed by atoms with E-state index in [-0.39, 0.29) is 42.0 Å². The van der Waals surface area contributed by atoms with Crippen molar-refractivity contribution in [2.45, 2.75) is 48.8 Å². The minimum atomic E-state index is -0.808. The van der Waals surface area contributed by atoms with Crippen molar-refractivity contribution in [3.8, 4) is 0 Å². The highest BCUT2D eigenvalue weighted by Gasteiger charge is 2.74. The largest absolute Gasteiger partial charge is 0.394 e. The molecule has 9 heteroatoms. The van der Waals surface area contributed by atoms with Crippen molar-refractivity contribution < 1.29 is 19.5 Å². The summed E-state index contributed by atoms with van der Waals surface area (Å²) in [6.07, 6.45) is 4.76. The van der Waals surface area contributed by atoms with Crippen LogP contribution < -0.4 is 4.90 Å². The van der Waals surface area contributed by atoms with Gasteiger partial charge in [0.2, 0.25) is 11.8 Å². The maximum absolute atomic E-state index is 14.5. The predicted octanol–water partition coefficient (Wildman–Crippen LogP) is 3.61. The molecule has 1 aromatic rings. The highest BCUT2D eigenvalue weighted by molar-refractivity contribution is 8.02. The molecule has 0 aromatic heterocycles. The molecule has 7 nitrogen and oxygen atoms in total. The molecular formula is C28H36ClN3O4S. The quantitative estimate of drug-likeness (QED) is 0.454. The van der Waals surface area contributed by atoms with Crippen LogP contribution >= 0.6 is 23.4 Å². The number of hydrogen-bond donors (Lipinski definition) is 1. The molecule has 0 saturated carbocycles. The lowest BCUT2D eigenvalue weighted by Crippen LogP contribution is -2.58. The van der Waals surface area contributed by atoms with Crippen molar-refractivity contribution in [3.63, 3.8) is 0 Å². The van der Waals surface area contributed by atoms with Crippen molar-refractivity contribution in [2.24, 2.45) is 17.8 Å². The minimum absolute atomic E-state index is 0.0267. The minimum Gasteiger partial charge on any atom is -0.394 e. The Morgan fingerprint density at radius 2 is 1.86 bits per heavy atom. The van der Waals surface area contributed by atoms with E-state index in [0.29, 0.717) is 23.7 Å². The van der Waals surface area contributed by atoms with Gasteiger partial charge in [0, 0.05) is 36.1 Å². The van der Waals surface area contributed by atoms with E-state index in [1.165, 1.54) is 0 Å². The van der Waals surface area contributed by atoms with E-state index in [9.17, 15) is 19.5 Å². The number of thioether (sulfide) groups is 1. The molecule has 37 heavy (non-hydrogen) atoms. The zero-order valence-electron chi connectivity index (χ0n) is 21.7. The lowest BCUT2D eigenvalue weighted by molar-refractivity contribution is -0.145. The van der Waals surface area contributed by atoms with Gasteiger partial charge in [-0.1, -0.05) is 37.6 Å². The Hall–Kier alpha value is -2.29. The van der Waals surface area contributed by atoms with Gasteiger partial charge in [0.05, 0.1) is 29.2 Å². The van der Waals surface area contributed by atoms with Gasteiger partial charge in [0.25, 0.3) is 5.91 Å². The Labute approximate surface area is 228 Å². The molecule has 4 rings (SSSR count). The molecule has 3 heterocycles. The summed E-state index contributed by atoms with van der Waals surface area (Å²) in [5.41, 5.74) is 0.655. The first-order valence-corrected chi connectivity index (χ1v) is 14.0. The van der Waals surface area contributed by atoms with E-state index in [2.05, 4.69) is 13.2 Å². The first-order chi connectivity index (χ1) is 17.6. The number of carbonyl (C=O) groups is 3. The number of halogens is 1. The van der Waals surface area contributed by atoms with Crippen LogP contribution in [0.5, 0.6) is 0 Å². The van der Waals surface area contributed by atoms with Crippen molar-refractivity contribution in [2.75, 3.05) is 31.6 Å². The number of amides is 3. The average molecular weight is 546 g/mol. The van der Waals surface area contributed by atoms with Crippen molar-refractivity contribution in [3.05, 3.63) is 54.6 Å². The van der Waals surface area contributed by atoms with Crippen LogP contribution in [0, 0.1) is 17.8 Å². The van der Waals surface area contributed by atoms with Crippen LogP contribution in [0.25, 0.3) is 0 Å². The fourth-order valence-electron chi connectivity index (χ4n) is 6.39. The molecule has 0 aliphatic carbocycles. The zero-order valence-corrected chi connectivity index (χ0v) is 23.3. The van der Waals surface area contributed by atoms with Gasteiger partial charge in [-0.25, -0.2) is 0 Å². The summed E-state index contributed by atoms with van der Waals surface area (Å²) in [4.78, 5) is 47.2. The Bertz CT molecular complexity index is 1080. The molecule has 2 unspecified atom stereocenters. The van der Waals surface area contributed by atoms with Gasteiger partial charge in [-0.2, -0.15) is 0 Å². The number of aliphatic hydroxyl groups excluding tert-OH is 1. The molecule has 3 fully saturated rings. The maximum Gasteiger partial charge on any atom is 0.251 e. The van der Waals surface area contributed by atoms with E-state index in [4.69, 9.17) is 11.6 Å². The molecule has 1 N–H and O–H groups in total. The molecule has 0 radical (unpaired) electrons. The van der Waals surface area contributed by atoms with Gasteiger partial charge in [0.1, 0.15) is 6.04 Å². The number of likely N-dealkylation sites (tertiary alicyclic amines) is 1. The fourth-order valence-corrected chi connectivity index (χ4v) is 8.71. The molecule has 3 aliphatic heterocycles. The number of nitrogens with zero attached hydrogens (tertiary/aromatic N) is 3. The van der Waals surface area contributed by atoms with Gasteiger partial charge in [-0.3, -0.25) is 14.4 Å². The van der Waals surface area contributed by atoms with Crippen molar-refractivity contribution in [1.82, 2.24) is 9.80 Å². The van der Waals surface area contributed by atoms with Gasteiger partial charge < -0.3 is 19.8 Å². The van der Waals surface area contributed by atoms with E-state index >= 15 is 0 Å². The topological polar surface area (TPSA) is 81.2 Å². The Balaban J connectivity index is 1.82. The van der Waals surface area contributed by atoms with Gasteiger partial charge in [0.15, 0.2) is 0 Å². The summed E-state index contributed by atoms with van der Waals surface area (Å²) in [6, 6.07) is 5.66. The van der Waals surface area contributed by atoms with Crippen LogP contribution in [0.1, 0.15) is 26.7 Å². The van der Waals surface area contributed by atoms with E-state index in [1.807, 2.05) is 13.8 Å². The molecular weight excluding hydrogens is 510 g/mol. The smallest absolute Gasteiger partial charge is 0.251 e. The maximum atomic E-state index is 14.5. The molecule has 1 spiro atoms. The molecule has 1 aromatic carbocycles. The molecule has 6 atom stereocenters. The zero-order chi connectivity index (χ0) is 27.1. The summed E-state index contributed by atoms with van der Waals surface area (Å²) < 4.78 is -0.734. The molecule has 2 bridgehead atoms. The number of carbonyl (C=O) groups excluding carboxylic acids is 3. The second kappa shape index (κ2) is 10.8. The number of anilines is 1. The third kappa shape index (κ3) is 4.51. The number of benzene rings is 1. The average Bonchev–Trinajstić information content (AvgIpc) is 3.51. The Kier molecular flexibility index (Phi) is 8.12. The van der Waals surface area contributed by atoms with Crippen LogP contribution in [-0.4, -0.2) is 81.5 Å². The SMILES string of the molecule is C=CCN(C)C(=O)[C@@H]1[C@@H]2CCC3(S2)C(C(=O)N(CC=C)c2ccc(Cl)cc2)N([C@@H](CO)C(C)C)C(=O)[C@H]13. The highest BCUT2D eigenvalue weighted by Crippen LogP contribution is 2.67. The second-order valence-corrected chi connectivity index (χ2v) is 12.6. The predicted molar refractivity (Wildman–Crippen MR) is 149 cm³/mol. The molecule has 200 valence electrons. The number of fused-ring (bicyclic) bond motifs is 1. The first-order valence-electron chi connectivity index (χ1n) is 12.8. The van der Waals surface area contributed by atoms with Crippen LogP contribution in [0.2, 0.25) is 5.02 Å². The van der Waals surface area contributed by atoms with Crippen LogP contribution in [-0.2, 0) is 14.4 Å². The Morgan fingerprint density at radius 1 is 1.22 bits per heavy atom. The molecule has 3 aliphatic rings. The van der Waals surface area contributed by atoms with E-state index in [0.717, 1.165) is 6.42 Å². The second-order valence-electron chi connectivity index (χ2n) is 10.5. The normalized spacial score (nSPS) is 28.8. The van der Waals surface area contributed by atoms with Gasteiger partial charge >= 0.3 is 0 Å². The number of aliphatic hydroxyl groups is 1. The summed E-state index contributed by atoms with van der Waals surface area (Å²) in [5, 5.41) is 10.9. The van der Waals surface area contributed by atoms with Crippen molar-refractivity contribution >= 4 is 46.8 Å². The molecule has 3 amide bonds. The standard InChI is InChI=1S/C28H36ClN3O4S/c1-6-14-30(5)25(34)22-21-12-13-28(37-21)23(22)26(35)32(20(16-33)17(3)4)24(28)27(36)31(15-7-2)19-10-8-18(29)9-11-19/h6-11,17,20-24,33H,1-2,12-16H2,3-5H3/t20-,21-,22+,23-,24?,28?/m0/s1. The Morgan fingerprint density at radius 3 is 2.43 bits per heavy atom. The third-order valence-electron chi connectivity index (χ3n) is 8.07. The summed E-state index contributed by atoms with van der Waals surface area (Å²) >= 11 is 7.73. The third-order valence-corrected chi connectivity index (χ3v) is 10.3. The van der Waals surface area contributed by atoms with E-state index in [1.54, 1.807) is 69.9 Å². The summed E-state index contributed by atoms with van der Waals surface area (Å²) in [5.74, 6) is -1.72. The number of rotatable bonds is 10.